The average molecular weight is 213 g/mol. The molecule has 90 valence electrons. The molecule has 0 radical (unpaired) electrons. The van der Waals surface area contributed by atoms with E-state index in [9.17, 15) is 5.11 Å². The second-order valence-corrected chi connectivity index (χ2v) is 5.41. The topological polar surface area (TPSA) is 23.5 Å². The van der Waals surface area contributed by atoms with Gasteiger partial charge in [-0.15, -0.1) is 0 Å². The molecule has 0 bridgehead atoms. The molecule has 1 aliphatic carbocycles. The van der Waals surface area contributed by atoms with Crippen LogP contribution in [-0.4, -0.2) is 29.3 Å². The van der Waals surface area contributed by atoms with Crippen molar-refractivity contribution in [1.29, 1.82) is 0 Å². The van der Waals surface area contributed by atoms with Crippen LogP contribution in [0.4, 0.5) is 0 Å². The first-order chi connectivity index (χ1) is 7.04. The van der Waals surface area contributed by atoms with E-state index in [0.717, 1.165) is 11.8 Å². The molecule has 1 aliphatic rings. The molecule has 3 atom stereocenters. The predicted octanol–water partition coefficient (Wildman–Crippen LogP) is 2.86. The van der Waals surface area contributed by atoms with E-state index in [1.54, 1.807) is 0 Å². The Morgan fingerprint density at radius 3 is 2.20 bits per heavy atom. The Balaban J connectivity index is 2.69. The van der Waals surface area contributed by atoms with Gasteiger partial charge in [-0.05, 0) is 38.6 Å². The van der Waals surface area contributed by atoms with Crippen molar-refractivity contribution in [2.24, 2.45) is 11.8 Å². The summed E-state index contributed by atoms with van der Waals surface area (Å²) in [6.45, 7) is 6.51. The third-order valence-electron chi connectivity index (χ3n) is 4.00. The zero-order chi connectivity index (χ0) is 11.4. The lowest BCUT2D eigenvalue weighted by Crippen LogP contribution is -2.44. The van der Waals surface area contributed by atoms with Crippen LogP contribution in [0.15, 0.2) is 0 Å². The molecule has 1 fully saturated rings. The molecule has 0 aromatic rings. The smallest absolute Gasteiger partial charge is 0.104 e. The molecule has 2 heteroatoms. The first kappa shape index (κ1) is 13.0. The van der Waals surface area contributed by atoms with E-state index < -0.39 is 0 Å². The first-order valence-electron chi connectivity index (χ1n) is 6.44. The Morgan fingerprint density at radius 2 is 1.67 bits per heavy atom. The van der Waals surface area contributed by atoms with Crippen LogP contribution in [0.2, 0.25) is 0 Å². The Kier molecular flexibility index (Phi) is 5.07. The van der Waals surface area contributed by atoms with Crippen LogP contribution < -0.4 is 0 Å². The summed E-state index contributed by atoms with van der Waals surface area (Å²) >= 11 is 0. The zero-order valence-corrected chi connectivity index (χ0v) is 10.7. The van der Waals surface area contributed by atoms with Gasteiger partial charge in [-0.1, -0.05) is 33.1 Å². The monoisotopic (exact) mass is 213 g/mol. The lowest BCUT2D eigenvalue weighted by atomic mass is 9.84. The Labute approximate surface area is 94.7 Å². The van der Waals surface area contributed by atoms with Crippen LogP contribution in [0.25, 0.3) is 0 Å². The standard InChI is InChI=1S/C13H27NO/c1-10(2)12-8-6-5-7-9-13(12)14(4)11(3)15/h10-13,15H,5-9H2,1-4H3. The summed E-state index contributed by atoms with van der Waals surface area (Å²) in [4.78, 5) is 2.16. The highest BCUT2D eigenvalue weighted by atomic mass is 16.3. The van der Waals surface area contributed by atoms with E-state index in [1.165, 1.54) is 32.1 Å². The molecule has 1 N–H and O–H groups in total. The summed E-state index contributed by atoms with van der Waals surface area (Å²) in [5.41, 5.74) is 0. The maximum Gasteiger partial charge on any atom is 0.104 e. The molecule has 0 spiro atoms. The Hall–Kier alpha value is -0.0800. The third-order valence-corrected chi connectivity index (χ3v) is 4.00. The van der Waals surface area contributed by atoms with Gasteiger partial charge >= 0.3 is 0 Å². The molecule has 15 heavy (non-hydrogen) atoms. The maximum atomic E-state index is 9.69. The van der Waals surface area contributed by atoms with Gasteiger partial charge in [0.2, 0.25) is 0 Å². The Bertz CT molecular complexity index is 179. The van der Waals surface area contributed by atoms with Crippen molar-refractivity contribution in [3.05, 3.63) is 0 Å². The number of aliphatic hydroxyl groups excluding tert-OH is 1. The molecule has 0 heterocycles. The van der Waals surface area contributed by atoms with Gasteiger partial charge in [0.25, 0.3) is 0 Å². The molecular formula is C13H27NO. The van der Waals surface area contributed by atoms with Crippen LogP contribution in [-0.2, 0) is 0 Å². The van der Waals surface area contributed by atoms with Crippen molar-refractivity contribution in [3.8, 4) is 0 Å². The van der Waals surface area contributed by atoms with Gasteiger partial charge in [0, 0.05) is 6.04 Å². The largest absolute Gasteiger partial charge is 0.379 e. The molecule has 1 rings (SSSR count). The van der Waals surface area contributed by atoms with E-state index in [1.807, 2.05) is 6.92 Å². The van der Waals surface area contributed by atoms with Crippen LogP contribution in [0.5, 0.6) is 0 Å². The van der Waals surface area contributed by atoms with E-state index in [0.29, 0.717) is 6.04 Å². The van der Waals surface area contributed by atoms with E-state index in [4.69, 9.17) is 0 Å². The number of hydrogen-bond acceptors (Lipinski definition) is 2. The fourth-order valence-corrected chi connectivity index (χ4v) is 2.88. The molecule has 0 aromatic carbocycles. The van der Waals surface area contributed by atoms with Gasteiger partial charge in [0.1, 0.15) is 6.23 Å². The van der Waals surface area contributed by atoms with Crippen molar-refractivity contribution in [3.63, 3.8) is 0 Å². The minimum atomic E-state index is -0.311. The summed E-state index contributed by atoms with van der Waals surface area (Å²) < 4.78 is 0. The lowest BCUT2D eigenvalue weighted by molar-refractivity contribution is -0.0188. The van der Waals surface area contributed by atoms with E-state index in [2.05, 4.69) is 25.8 Å². The van der Waals surface area contributed by atoms with Crippen molar-refractivity contribution < 1.29 is 5.11 Å². The van der Waals surface area contributed by atoms with Crippen molar-refractivity contribution in [1.82, 2.24) is 4.90 Å². The molecule has 3 unspecified atom stereocenters. The SMILES string of the molecule is CC(C)C1CCCCCC1N(C)C(C)O. The summed E-state index contributed by atoms with van der Waals surface area (Å²) in [5.74, 6) is 1.49. The fraction of sp³-hybridized carbons (Fsp3) is 1.00. The first-order valence-corrected chi connectivity index (χ1v) is 6.44. The molecule has 0 aliphatic heterocycles. The molecular weight excluding hydrogens is 186 g/mol. The van der Waals surface area contributed by atoms with Crippen LogP contribution in [0.3, 0.4) is 0 Å². The highest BCUT2D eigenvalue weighted by Crippen LogP contribution is 2.32. The molecule has 0 saturated heterocycles. The second kappa shape index (κ2) is 5.86. The molecule has 0 aromatic heterocycles. The summed E-state index contributed by atoms with van der Waals surface area (Å²) in [5, 5.41) is 9.69. The summed E-state index contributed by atoms with van der Waals surface area (Å²) in [6, 6.07) is 0.576. The van der Waals surface area contributed by atoms with Crippen LogP contribution >= 0.6 is 0 Å². The van der Waals surface area contributed by atoms with Crippen molar-refractivity contribution >= 4 is 0 Å². The van der Waals surface area contributed by atoms with Crippen LogP contribution in [0.1, 0.15) is 52.9 Å². The second-order valence-electron chi connectivity index (χ2n) is 5.41. The van der Waals surface area contributed by atoms with Gasteiger partial charge in [0.15, 0.2) is 0 Å². The highest BCUT2D eigenvalue weighted by Gasteiger charge is 2.30. The van der Waals surface area contributed by atoms with Gasteiger partial charge in [-0.2, -0.15) is 0 Å². The predicted molar refractivity (Wildman–Crippen MR) is 64.6 cm³/mol. The maximum absolute atomic E-state index is 9.69. The number of nitrogens with zero attached hydrogens (tertiary/aromatic N) is 1. The zero-order valence-electron chi connectivity index (χ0n) is 10.7. The number of rotatable bonds is 3. The number of aliphatic hydroxyl groups is 1. The van der Waals surface area contributed by atoms with Gasteiger partial charge in [-0.25, -0.2) is 0 Å². The molecule has 2 nitrogen and oxygen atoms in total. The van der Waals surface area contributed by atoms with Gasteiger partial charge in [-0.3, -0.25) is 4.90 Å². The van der Waals surface area contributed by atoms with Crippen LogP contribution in [0, 0.1) is 11.8 Å². The lowest BCUT2D eigenvalue weighted by Gasteiger charge is -2.37. The highest BCUT2D eigenvalue weighted by molar-refractivity contribution is 4.82. The summed E-state index contributed by atoms with van der Waals surface area (Å²) in [6.07, 6.45) is 6.34. The van der Waals surface area contributed by atoms with Crippen molar-refractivity contribution in [2.45, 2.75) is 65.1 Å². The number of hydrogen-bond donors (Lipinski definition) is 1. The van der Waals surface area contributed by atoms with Crippen molar-refractivity contribution in [2.75, 3.05) is 7.05 Å². The molecule has 1 saturated carbocycles. The van der Waals surface area contributed by atoms with E-state index in [-0.39, 0.29) is 6.23 Å². The third kappa shape index (κ3) is 3.46. The van der Waals surface area contributed by atoms with Gasteiger partial charge < -0.3 is 5.11 Å². The average Bonchev–Trinajstić information content (AvgIpc) is 2.40. The normalized spacial score (nSPS) is 30.6. The molecule has 0 amide bonds. The Morgan fingerprint density at radius 1 is 1.07 bits per heavy atom. The fourth-order valence-electron chi connectivity index (χ4n) is 2.88. The van der Waals surface area contributed by atoms with Gasteiger partial charge in [0.05, 0.1) is 0 Å². The van der Waals surface area contributed by atoms with E-state index >= 15 is 0 Å². The summed E-state index contributed by atoms with van der Waals surface area (Å²) in [7, 11) is 2.07. The minimum absolute atomic E-state index is 0.311. The quantitative estimate of drug-likeness (QED) is 0.575. The minimum Gasteiger partial charge on any atom is -0.379 e.